The molecule has 0 aliphatic carbocycles. The first-order chi connectivity index (χ1) is 12.4. The van der Waals surface area contributed by atoms with Gasteiger partial charge in [-0.2, -0.15) is 0 Å². The van der Waals surface area contributed by atoms with Crippen LogP contribution in [0.25, 0.3) is 0 Å². The number of rotatable bonds is 8. The zero-order valence-corrected chi connectivity index (χ0v) is 16.5. The minimum absolute atomic E-state index is 0. The molecule has 0 radical (unpaired) electrons. The molecule has 0 fully saturated rings. The van der Waals surface area contributed by atoms with Crippen molar-refractivity contribution >= 4 is 23.2 Å². The molecule has 0 bridgehead atoms. The van der Waals surface area contributed by atoms with Crippen molar-refractivity contribution in [2.75, 3.05) is 6.16 Å². The van der Waals surface area contributed by atoms with Crippen LogP contribution in [0.15, 0.2) is 91.0 Å². The Morgan fingerprint density at radius 3 is 1.27 bits per heavy atom. The van der Waals surface area contributed by atoms with Gasteiger partial charge in [-0.25, -0.2) is 0 Å². The minimum Gasteiger partial charge on any atom is -0.870 e. The molecule has 1 nitrogen and oxygen atoms in total. The number of hydrogen-bond acceptors (Lipinski definition) is 1. The molecule has 0 aromatic heterocycles. The Kier molecular flexibility index (Phi) is 8.04. The van der Waals surface area contributed by atoms with E-state index >= 15 is 0 Å². The van der Waals surface area contributed by atoms with Gasteiger partial charge >= 0.3 is 0 Å². The predicted octanol–water partition coefficient (Wildman–Crippen LogP) is 5.38. The molecule has 0 saturated heterocycles. The van der Waals surface area contributed by atoms with Gasteiger partial charge in [-0.3, -0.25) is 0 Å². The largest absolute Gasteiger partial charge is 0.870 e. The van der Waals surface area contributed by atoms with Gasteiger partial charge < -0.3 is 5.48 Å². The van der Waals surface area contributed by atoms with Gasteiger partial charge in [-0.05, 0) is 49.2 Å². The standard InChI is InChI=1S/C24H28P.H2O/c1-2-3-4-14-21-25(22-15-8-5-9-16-22,23-17-10-6-11-18-23)24-19-12-7-13-20-24;/h5-13,15-20H,2-4,14,21H2,1H3;1H2/q+1;/p-1. The number of benzene rings is 3. The monoisotopic (exact) mass is 364 g/mol. The highest BCUT2D eigenvalue weighted by Gasteiger charge is 2.44. The molecule has 26 heavy (non-hydrogen) atoms. The summed E-state index contributed by atoms with van der Waals surface area (Å²) in [5, 5.41) is 4.51. The Morgan fingerprint density at radius 1 is 0.538 bits per heavy atom. The van der Waals surface area contributed by atoms with E-state index in [1.165, 1.54) is 47.8 Å². The highest BCUT2D eigenvalue weighted by Crippen LogP contribution is 2.55. The van der Waals surface area contributed by atoms with Crippen LogP contribution in [0.5, 0.6) is 0 Å². The van der Waals surface area contributed by atoms with Crippen LogP contribution in [0.4, 0.5) is 0 Å². The summed E-state index contributed by atoms with van der Waals surface area (Å²) >= 11 is 0. The Hall–Kier alpha value is -1.95. The van der Waals surface area contributed by atoms with E-state index in [1.807, 2.05) is 0 Å². The molecule has 3 aromatic rings. The van der Waals surface area contributed by atoms with E-state index in [0.717, 1.165) is 0 Å². The van der Waals surface area contributed by atoms with Crippen molar-refractivity contribution in [3.63, 3.8) is 0 Å². The Labute approximate surface area is 158 Å². The van der Waals surface area contributed by atoms with E-state index in [4.69, 9.17) is 0 Å². The molecular weight excluding hydrogens is 335 g/mol. The molecule has 0 atom stereocenters. The number of hydrogen-bond donors (Lipinski definition) is 0. The molecule has 3 rings (SSSR count). The van der Waals surface area contributed by atoms with E-state index in [0.29, 0.717) is 0 Å². The highest BCUT2D eigenvalue weighted by atomic mass is 31.2. The first kappa shape index (κ1) is 20.4. The summed E-state index contributed by atoms with van der Waals surface area (Å²) in [5.74, 6) is 0. The van der Waals surface area contributed by atoms with Crippen LogP contribution in [0.2, 0.25) is 0 Å². The third-order valence-corrected chi connectivity index (χ3v) is 9.46. The molecule has 0 aliphatic heterocycles. The second-order valence-electron chi connectivity index (χ2n) is 6.60. The Morgan fingerprint density at radius 2 is 0.923 bits per heavy atom. The van der Waals surface area contributed by atoms with Crippen molar-refractivity contribution in [1.82, 2.24) is 0 Å². The van der Waals surface area contributed by atoms with Crippen LogP contribution in [0.1, 0.15) is 32.6 Å². The maximum absolute atomic E-state index is 2.34. The average Bonchev–Trinajstić information content (AvgIpc) is 2.70. The van der Waals surface area contributed by atoms with Crippen molar-refractivity contribution in [2.24, 2.45) is 0 Å². The van der Waals surface area contributed by atoms with Crippen molar-refractivity contribution in [3.8, 4) is 0 Å². The molecule has 0 aliphatic rings. The zero-order chi connectivity index (χ0) is 17.4. The Bertz CT molecular complexity index is 644. The summed E-state index contributed by atoms with van der Waals surface area (Å²) in [5.41, 5.74) is 0. The normalized spacial score (nSPS) is 11.0. The second-order valence-corrected chi connectivity index (χ2v) is 10.2. The molecule has 0 saturated carbocycles. The van der Waals surface area contributed by atoms with Crippen LogP contribution in [0.3, 0.4) is 0 Å². The van der Waals surface area contributed by atoms with E-state index in [1.54, 1.807) is 0 Å². The lowest BCUT2D eigenvalue weighted by Gasteiger charge is -2.27. The summed E-state index contributed by atoms with van der Waals surface area (Å²) in [6, 6.07) is 33.6. The molecule has 0 heterocycles. The predicted molar refractivity (Wildman–Crippen MR) is 116 cm³/mol. The lowest BCUT2D eigenvalue weighted by atomic mass is 10.2. The maximum atomic E-state index is 2.34. The summed E-state index contributed by atoms with van der Waals surface area (Å²) in [6.07, 6.45) is 6.49. The van der Waals surface area contributed by atoms with Gasteiger partial charge in [-0.1, -0.05) is 74.4 Å². The van der Waals surface area contributed by atoms with Gasteiger partial charge in [-0.15, -0.1) is 0 Å². The third-order valence-electron chi connectivity index (χ3n) is 4.94. The molecular formula is C24H29OP. The quantitative estimate of drug-likeness (QED) is 0.390. The molecule has 3 aromatic carbocycles. The SMILES string of the molecule is CCCCCC[P+](c1ccccc1)(c1ccccc1)c1ccccc1.[OH-]. The summed E-state index contributed by atoms with van der Waals surface area (Å²) in [6.45, 7) is 2.29. The van der Waals surface area contributed by atoms with Crippen molar-refractivity contribution in [2.45, 2.75) is 32.6 Å². The van der Waals surface area contributed by atoms with Gasteiger partial charge in [0.2, 0.25) is 0 Å². The fourth-order valence-corrected chi connectivity index (χ4v) is 8.07. The zero-order valence-electron chi connectivity index (χ0n) is 15.6. The van der Waals surface area contributed by atoms with Gasteiger partial charge in [0.05, 0.1) is 6.16 Å². The summed E-state index contributed by atoms with van der Waals surface area (Å²) < 4.78 is 0. The second kappa shape index (κ2) is 10.3. The first-order valence-corrected chi connectivity index (χ1v) is 11.4. The maximum Gasteiger partial charge on any atom is 0.112 e. The lowest BCUT2D eigenvalue weighted by Crippen LogP contribution is -2.33. The van der Waals surface area contributed by atoms with E-state index in [2.05, 4.69) is 97.9 Å². The van der Waals surface area contributed by atoms with Gasteiger partial charge in [0.1, 0.15) is 23.2 Å². The fourth-order valence-electron chi connectivity index (χ4n) is 3.66. The first-order valence-electron chi connectivity index (χ1n) is 9.43. The lowest BCUT2D eigenvalue weighted by molar-refractivity contribution is 0.705. The van der Waals surface area contributed by atoms with Crippen LogP contribution >= 0.6 is 7.26 Å². The van der Waals surface area contributed by atoms with Crippen LogP contribution in [-0.2, 0) is 0 Å². The minimum atomic E-state index is -1.59. The average molecular weight is 364 g/mol. The van der Waals surface area contributed by atoms with Crippen LogP contribution in [0, 0.1) is 0 Å². The van der Waals surface area contributed by atoms with Crippen molar-refractivity contribution in [1.29, 1.82) is 0 Å². The van der Waals surface area contributed by atoms with Crippen LogP contribution < -0.4 is 15.9 Å². The smallest absolute Gasteiger partial charge is 0.112 e. The van der Waals surface area contributed by atoms with E-state index < -0.39 is 7.26 Å². The molecule has 2 heteroatoms. The topological polar surface area (TPSA) is 30.0 Å². The Balaban J connectivity index is 0.00000243. The van der Waals surface area contributed by atoms with E-state index in [-0.39, 0.29) is 5.48 Å². The van der Waals surface area contributed by atoms with E-state index in [9.17, 15) is 0 Å². The molecule has 1 N–H and O–H groups in total. The molecule has 0 spiro atoms. The van der Waals surface area contributed by atoms with Crippen molar-refractivity contribution < 1.29 is 5.48 Å². The van der Waals surface area contributed by atoms with Crippen molar-refractivity contribution in [3.05, 3.63) is 91.0 Å². The molecule has 136 valence electrons. The third kappa shape index (κ3) is 4.41. The van der Waals surface area contributed by atoms with Crippen LogP contribution in [-0.4, -0.2) is 11.6 Å². The van der Waals surface area contributed by atoms with Gasteiger partial charge in [0.15, 0.2) is 0 Å². The van der Waals surface area contributed by atoms with Gasteiger partial charge in [0, 0.05) is 0 Å². The van der Waals surface area contributed by atoms with Gasteiger partial charge in [0.25, 0.3) is 0 Å². The highest BCUT2D eigenvalue weighted by molar-refractivity contribution is 7.95. The molecule has 0 amide bonds. The molecule has 0 unspecified atom stereocenters. The fraction of sp³-hybridized carbons (Fsp3) is 0.250. The summed E-state index contributed by atoms with van der Waals surface area (Å²) in [7, 11) is -1.59. The number of unbranched alkanes of at least 4 members (excludes halogenated alkanes) is 3. The summed E-state index contributed by atoms with van der Waals surface area (Å²) in [4.78, 5) is 0.